The summed E-state index contributed by atoms with van der Waals surface area (Å²) in [6.45, 7) is 2.31. The summed E-state index contributed by atoms with van der Waals surface area (Å²) in [7, 11) is 0. The van der Waals surface area contributed by atoms with E-state index in [2.05, 4.69) is 11.2 Å². The average molecular weight is 211 g/mol. The number of carboxylic acids is 1. The molecule has 15 heavy (non-hydrogen) atoms. The molecule has 0 spiro atoms. The Morgan fingerprint density at radius 3 is 2.67 bits per heavy atom. The summed E-state index contributed by atoms with van der Waals surface area (Å²) in [5.74, 6) is 1.43. The molecule has 4 heteroatoms. The molecule has 0 rings (SSSR count). The highest BCUT2D eigenvalue weighted by atomic mass is 16.4. The van der Waals surface area contributed by atoms with Gasteiger partial charge in [0.05, 0.1) is 0 Å². The van der Waals surface area contributed by atoms with Crippen LogP contribution in [0.1, 0.15) is 32.6 Å². The number of hydrogen-bond acceptors (Lipinski definition) is 2. The highest BCUT2D eigenvalue weighted by Gasteiger charge is 2.11. The van der Waals surface area contributed by atoms with E-state index in [0.29, 0.717) is 19.4 Å². The van der Waals surface area contributed by atoms with Gasteiger partial charge in [-0.05, 0) is 5.92 Å². The van der Waals surface area contributed by atoms with Gasteiger partial charge in [0.25, 0.3) is 0 Å². The zero-order valence-corrected chi connectivity index (χ0v) is 8.95. The van der Waals surface area contributed by atoms with Crippen molar-refractivity contribution in [2.45, 2.75) is 32.6 Å². The molecule has 4 nitrogen and oxygen atoms in total. The van der Waals surface area contributed by atoms with Crippen LogP contribution in [0.25, 0.3) is 0 Å². The standard InChI is InChI=1S/C11H17NO3/c1-3-5-6-10(13)12-8-9(4-2)7-11(14)15/h1,9H,4-8H2,2H3,(H,12,13)(H,14,15). The van der Waals surface area contributed by atoms with Crippen LogP contribution in [-0.2, 0) is 9.59 Å². The molecule has 0 saturated carbocycles. The maximum atomic E-state index is 11.2. The molecule has 1 amide bonds. The summed E-state index contributed by atoms with van der Waals surface area (Å²) in [4.78, 5) is 21.6. The molecule has 2 N–H and O–H groups in total. The second-order valence-corrected chi connectivity index (χ2v) is 3.38. The van der Waals surface area contributed by atoms with Crippen molar-refractivity contribution < 1.29 is 14.7 Å². The molecule has 0 aliphatic carbocycles. The summed E-state index contributed by atoms with van der Waals surface area (Å²) < 4.78 is 0. The van der Waals surface area contributed by atoms with E-state index in [0.717, 1.165) is 6.42 Å². The summed E-state index contributed by atoms with van der Waals surface area (Å²) in [6, 6.07) is 0. The van der Waals surface area contributed by atoms with Crippen molar-refractivity contribution in [1.82, 2.24) is 5.32 Å². The molecule has 0 aromatic heterocycles. The van der Waals surface area contributed by atoms with Crippen LogP contribution in [0.3, 0.4) is 0 Å². The fourth-order valence-corrected chi connectivity index (χ4v) is 1.14. The van der Waals surface area contributed by atoms with Crippen LogP contribution in [0.2, 0.25) is 0 Å². The topological polar surface area (TPSA) is 66.4 Å². The predicted molar refractivity (Wildman–Crippen MR) is 57.1 cm³/mol. The molecule has 1 atom stereocenters. The minimum absolute atomic E-state index is 0.00251. The average Bonchev–Trinajstić information content (AvgIpc) is 2.20. The lowest BCUT2D eigenvalue weighted by Crippen LogP contribution is -2.29. The molecular formula is C11H17NO3. The molecule has 0 bridgehead atoms. The predicted octanol–water partition coefficient (Wildman–Crippen LogP) is 1.02. The number of aliphatic carboxylic acids is 1. The largest absolute Gasteiger partial charge is 0.481 e. The lowest BCUT2D eigenvalue weighted by atomic mass is 10.0. The van der Waals surface area contributed by atoms with Crippen LogP contribution in [0.4, 0.5) is 0 Å². The van der Waals surface area contributed by atoms with E-state index in [9.17, 15) is 9.59 Å². The minimum Gasteiger partial charge on any atom is -0.481 e. The smallest absolute Gasteiger partial charge is 0.303 e. The van der Waals surface area contributed by atoms with Gasteiger partial charge in [0.2, 0.25) is 5.91 Å². The molecule has 0 aliphatic heterocycles. The van der Waals surface area contributed by atoms with E-state index in [4.69, 9.17) is 11.5 Å². The van der Waals surface area contributed by atoms with E-state index < -0.39 is 5.97 Å². The number of amides is 1. The van der Waals surface area contributed by atoms with Crippen LogP contribution >= 0.6 is 0 Å². The zero-order valence-electron chi connectivity index (χ0n) is 8.95. The van der Waals surface area contributed by atoms with Gasteiger partial charge in [0.15, 0.2) is 0 Å². The minimum atomic E-state index is -0.834. The van der Waals surface area contributed by atoms with Gasteiger partial charge in [-0.1, -0.05) is 13.3 Å². The van der Waals surface area contributed by atoms with Gasteiger partial charge in [0, 0.05) is 25.8 Å². The third-order valence-electron chi connectivity index (χ3n) is 2.12. The van der Waals surface area contributed by atoms with E-state index in [1.165, 1.54) is 0 Å². The van der Waals surface area contributed by atoms with Crippen LogP contribution in [0, 0.1) is 18.3 Å². The van der Waals surface area contributed by atoms with Crippen molar-refractivity contribution in [3.05, 3.63) is 0 Å². The summed E-state index contributed by atoms with van der Waals surface area (Å²) in [5.41, 5.74) is 0. The number of hydrogen-bond donors (Lipinski definition) is 2. The SMILES string of the molecule is C#CCCC(=O)NCC(CC)CC(=O)O. The van der Waals surface area contributed by atoms with Gasteiger partial charge in [0.1, 0.15) is 0 Å². The summed E-state index contributed by atoms with van der Waals surface area (Å²) in [6.07, 6.45) is 6.57. The van der Waals surface area contributed by atoms with Crippen molar-refractivity contribution in [1.29, 1.82) is 0 Å². The van der Waals surface area contributed by atoms with Gasteiger partial charge < -0.3 is 10.4 Å². The Morgan fingerprint density at radius 2 is 2.20 bits per heavy atom. The number of nitrogens with one attached hydrogen (secondary N) is 1. The lowest BCUT2D eigenvalue weighted by Gasteiger charge is -2.12. The Kier molecular flexibility index (Phi) is 7.08. The maximum absolute atomic E-state index is 11.2. The number of terminal acetylenes is 1. The lowest BCUT2D eigenvalue weighted by molar-refractivity contribution is -0.138. The van der Waals surface area contributed by atoms with E-state index in [1.54, 1.807) is 0 Å². The maximum Gasteiger partial charge on any atom is 0.303 e. The number of carbonyl (C=O) groups is 2. The number of rotatable bonds is 7. The van der Waals surface area contributed by atoms with Crippen LogP contribution in [0.15, 0.2) is 0 Å². The molecular weight excluding hydrogens is 194 g/mol. The first-order valence-corrected chi connectivity index (χ1v) is 5.02. The van der Waals surface area contributed by atoms with Crippen LogP contribution in [0.5, 0.6) is 0 Å². The van der Waals surface area contributed by atoms with Crippen molar-refractivity contribution in [3.8, 4) is 12.3 Å². The third-order valence-corrected chi connectivity index (χ3v) is 2.12. The van der Waals surface area contributed by atoms with Crippen molar-refractivity contribution in [3.63, 3.8) is 0 Å². The molecule has 0 heterocycles. The molecule has 1 unspecified atom stereocenters. The Hall–Kier alpha value is -1.50. The number of carbonyl (C=O) groups excluding carboxylic acids is 1. The van der Waals surface area contributed by atoms with E-state index in [1.807, 2.05) is 6.92 Å². The summed E-state index contributed by atoms with van der Waals surface area (Å²) in [5, 5.41) is 11.3. The van der Waals surface area contributed by atoms with Crippen LogP contribution in [-0.4, -0.2) is 23.5 Å². The van der Waals surface area contributed by atoms with E-state index in [-0.39, 0.29) is 18.2 Å². The van der Waals surface area contributed by atoms with E-state index >= 15 is 0 Å². The molecule has 0 radical (unpaired) electrons. The number of carboxylic acid groups (broad SMARTS) is 1. The first-order chi connectivity index (χ1) is 7.10. The normalized spacial score (nSPS) is 11.5. The second kappa shape index (κ2) is 7.86. The Balaban J connectivity index is 3.75. The Morgan fingerprint density at radius 1 is 1.53 bits per heavy atom. The van der Waals surface area contributed by atoms with Crippen molar-refractivity contribution in [2.75, 3.05) is 6.54 Å². The van der Waals surface area contributed by atoms with Crippen LogP contribution < -0.4 is 5.32 Å². The Bertz CT molecular complexity index is 255. The van der Waals surface area contributed by atoms with Gasteiger partial charge in [-0.2, -0.15) is 0 Å². The van der Waals surface area contributed by atoms with Gasteiger partial charge >= 0.3 is 5.97 Å². The fourth-order valence-electron chi connectivity index (χ4n) is 1.14. The summed E-state index contributed by atoms with van der Waals surface area (Å²) >= 11 is 0. The molecule has 0 aliphatic rings. The third kappa shape index (κ3) is 7.56. The molecule has 0 fully saturated rings. The zero-order chi connectivity index (χ0) is 11.7. The molecule has 0 aromatic carbocycles. The van der Waals surface area contributed by atoms with Gasteiger partial charge in [-0.3, -0.25) is 9.59 Å². The highest BCUT2D eigenvalue weighted by molar-refractivity contribution is 5.76. The highest BCUT2D eigenvalue weighted by Crippen LogP contribution is 2.06. The van der Waals surface area contributed by atoms with Gasteiger partial charge in [-0.15, -0.1) is 12.3 Å². The second-order valence-electron chi connectivity index (χ2n) is 3.38. The molecule has 0 saturated heterocycles. The fraction of sp³-hybridized carbons (Fsp3) is 0.636. The van der Waals surface area contributed by atoms with Gasteiger partial charge in [-0.25, -0.2) is 0 Å². The van der Waals surface area contributed by atoms with Crippen molar-refractivity contribution in [2.24, 2.45) is 5.92 Å². The first kappa shape index (κ1) is 13.5. The molecule has 84 valence electrons. The Labute approximate surface area is 90.1 Å². The first-order valence-electron chi connectivity index (χ1n) is 5.02. The molecule has 0 aromatic rings. The monoisotopic (exact) mass is 211 g/mol. The van der Waals surface area contributed by atoms with Crippen molar-refractivity contribution >= 4 is 11.9 Å². The quantitative estimate of drug-likeness (QED) is 0.618.